The largest absolute Gasteiger partial charge is 0.392 e. The first kappa shape index (κ1) is 14.9. The molecule has 2 fully saturated rings. The predicted molar refractivity (Wildman–Crippen MR) is 84.6 cm³/mol. The van der Waals surface area contributed by atoms with Gasteiger partial charge in [0.1, 0.15) is 0 Å². The molecule has 2 aliphatic rings. The summed E-state index contributed by atoms with van der Waals surface area (Å²) in [6.07, 6.45) is 8.50. The molecule has 1 heterocycles. The summed E-state index contributed by atoms with van der Waals surface area (Å²) in [6, 6.07) is 0.472. The van der Waals surface area contributed by atoms with Gasteiger partial charge in [0.25, 0.3) is 0 Å². The van der Waals surface area contributed by atoms with E-state index in [2.05, 4.69) is 5.32 Å². The molecular weight excluding hydrogens is 278 g/mol. The molecule has 0 aromatic heterocycles. The van der Waals surface area contributed by atoms with E-state index >= 15 is 0 Å². The molecule has 0 bridgehead atoms. The zero-order valence-corrected chi connectivity index (χ0v) is 13.1. The lowest BCUT2D eigenvalue weighted by Crippen LogP contribution is -2.53. The van der Waals surface area contributed by atoms with Crippen LogP contribution in [0.3, 0.4) is 0 Å². The zero-order valence-electron chi connectivity index (χ0n) is 11.5. The van der Waals surface area contributed by atoms with Crippen LogP contribution >= 0.6 is 24.0 Å². The van der Waals surface area contributed by atoms with E-state index in [-0.39, 0.29) is 10.8 Å². The van der Waals surface area contributed by atoms with Crippen molar-refractivity contribution in [2.75, 3.05) is 19.3 Å². The maximum absolute atomic E-state index is 12.2. The molecule has 1 saturated carbocycles. The van der Waals surface area contributed by atoms with E-state index in [1.165, 1.54) is 12.8 Å². The highest BCUT2D eigenvalue weighted by Gasteiger charge is 2.38. The highest BCUT2D eigenvalue weighted by molar-refractivity contribution is 8.02. The van der Waals surface area contributed by atoms with Crippen LogP contribution in [-0.2, 0) is 0 Å². The van der Waals surface area contributed by atoms with Crippen LogP contribution in [0.15, 0.2) is 0 Å². The summed E-state index contributed by atoms with van der Waals surface area (Å²) in [5.41, 5.74) is 5.86. The van der Waals surface area contributed by atoms with Crippen LogP contribution in [-0.4, -0.2) is 46.1 Å². The average molecular weight is 301 g/mol. The maximum Gasteiger partial charge on any atom is 0.317 e. The summed E-state index contributed by atoms with van der Waals surface area (Å²) in [6.45, 7) is 1.49. The van der Waals surface area contributed by atoms with Gasteiger partial charge in [-0.3, -0.25) is 0 Å². The van der Waals surface area contributed by atoms with Gasteiger partial charge in [-0.25, -0.2) is 4.79 Å². The summed E-state index contributed by atoms with van der Waals surface area (Å²) >= 11 is 6.91. The molecule has 0 atom stereocenters. The van der Waals surface area contributed by atoms with Crippen molar-refractivity contribution >= 4 is 35.0 Å². The third kappa shape index (κ3) is 3.34. The number of thioether (sulfide) groups is 1. The number of urea groups is 1. The van der Waals surface area contributed by atoms with Crippen LogP contribution < -0.4 is 11.1 Å². The molecule has 19 heavy (non-hydrogen) atoms. The summed E-state index contributed by atoms with van der Waals surface area (Å²) in [5, 5.41) is 3.14. The smallest absolute Gasteiger partial charge is 0.317 e. The van der Waals surface area contributed by atoms with Gasteiger partial charge in [-0.1, -0.05) is 25.1 Å². The van der Waals surface area contributed by atoms with Crippen LogP contribution in [0.2, 0.25) is 0 Å². The quantitative estimate of drug-likeness (QED) is 0.784. The van der Waals surface area contributed by atoms with Crippen molar-refractivity contribution in [3.05, 3.63) is 0 Å². The first-order valence-electron chi connectivity index (χ1n) is 6.98. The molecule has 1 saturated heterocycles. The molecular formula is C13H23N3OS2. The molecule has 2 amide bonds. The van der Waals surface area contributed by atoms with Gasteiger partial charge >= 0.3 is 6.03 Å². The predicted octanol–water partition coefficient (Wildman–Crippen LogP) is 2.12. The number of thiocarbonyl (C=S) groups is 1. The molecule has 0 radical (unpaired) electrons. The van der Waals surface area contributed by atoms with Gasteiger partial charge in [-0.05, 0) is 31.9 Å². The molecule has 0 unspecified atom stereocenters. The van der Waals surface area contributed by atoms with Gasteiger partial charge < -0.3 is 16.0 Å². The number of carbonyl (C=O) groups is 1. The number of carbonyl (C=O) groups excluding carboxylic acids is 1. The van der Waals surface area contributed by atoms with Gasteiger partial charge in [-0.2, -0.15) is 11.8 Å². The lowest BCUT2D eigenvalue weighted by atomic mass is 9.96. The summed E-state index contributed by atoms with van der Waals surface area (Å²) in [7, 11) is 0. The molecule has 6 heteroatoms. The molecule has 3 N–H and O–H groups in total. The molecule has 2 rings (SSSR count). The van der Waals surface area contributed by atoms with Crippen molar-refractivity contribution in [1.82, 2.24) is 10.2 Å². The second-order valence-corrected chi connectivity index (χ2v) is 7.11. The van der Waals surface area contributed by atoms with Crippen LogP contribution in [0.25, 0.3) is 0 Å². The van der Waals surface area contributed by atoms with E-state index in [4.69, 9.17) is 18.0 Å². The zero-order chi connectivity index (χ0) is 13.9. The standard InChI is InChI=1S/C13H23N3OS2/c1-19-13(11(14)18)6-8-16(9-7-13)12(17)15-10-4-2-3-5-10/h10H,2-9H2,1H3,(H2,14,18)(H,15,17). The monoisotopic (exact) mass is 301 g/mol. The minimum atomic E-state index is -0.112. The number of hydrogen-bond acceptors (Lipinski definition) is 3. The third-order valence-electron chi connectivity index (χ3n) is 4.38. The van der Waals surface area contributed by atoms with Crippen LogP contribution in [0.5, 0.6) is 0 Å². The number of piperidine rings is 1. The van der Waals surface area contributed by atoms with Gasteiger partial charge in [0.05, 0.1) is 9.74 Å². The van der Waals surface area contributed by atoms with Crippen LogP contribution in [0.4, 0.5) is 4.79 Å². The summed E-state index contributed by atoms with van der Waals surface area (Å²) in [4.78, 5) is 14.7. The first-order valence-corrected chi connectivity index (χ1v) is 8.61. The van der Waals surface area contributed by atoms with Crippen molar-refractivity contribution < 1.29 is 4.79 Å². The topological polar surface area (TPSA) is 58.4 Å². The number of nitrogens with zero attached hydrogens (tertiary/aromatic N) is 1. The number of nitrogens with one attached hydrogen (secondary N) is 1. The number of amides is 2. The van der Waals surface area contributed by atoms with Crippen molar-refractivity contribution in [2.24, 2.45) is 5.73 Å². The van der Waals surface area contributed by atoms with Crippen LogP contribution in [0.1, 0.15) is 38.5 Å². The minimum Gasteiger partial charge on any atom is -0.392 e. The van der Waals surface area contributed by atoms with E-state index in [0.29, 0.717) is 11.0 Å². The van der Waals surface area contributed by atoms with Gasteiger partial charge in [0.2, 0.25) is 0 Å². The van der Waals surface area contributed by atoms with Gasteiger partial charge in [0.15, 0.2) is 0 Å². The van der Waals surface area contributed by atoms with E-state index < -0.39 is 0 Å². The van der Waals surface area contributed by atoms with Crippen LogP contribution in [0, 0.1) is 0 Å². The van der Waals surface area contributed by atoms with E-state index in [9.17, 15) is 4.79 Å². The summed E-state index contributed by atoms with van der Waals surface area (Å²) in [5.74, 6) is 0. The van der Waals surface area contributed by atoms with Crippen molar-refractivity contribution in [1.29, 1.82) is 0 Å². The van der Waals surface area contributed by atoms with Gasteiger partial charge in [-0.15, -0.1) is 0 Å². The van der Waals surface area contributed by atoms with E-state index in [0.717, 1.165) is 38.8 Å². The molecule has 4 nitrogen and oxygen atoms in total. The molecule has 0 spiro atoms. The second kappa shape index (κ2) is 6.31. The Morgan fingerprint density at radius 2 is 1.95 bits per heavy atom. The number of likely N-dealkylation sites (tertiary alicyclic amines) is 1. The fraction of sp³-hybridized carbons (Fsp3) is 0.846. The Balaban J connectivity index is 1.85. The fourth-order valence-corrected chi connectivity index (χ4v) is 4.20. The molecule has 108 valence electrons. The lowest BCUT2D eigenvalue weighted by Gasteiger charge is -2.40. The van der Waals surface area contributed by atoms with E-state index in [1.807, 2.05) is 11.2 Å². The Morgan fingerprint density at radius 3 is 2.42 bits per heavy atom. The highest BCUT2D eigenvalue weighted by Crippen LogP contribution is 2.35. The lowest BCUT2D eigenvalue weighted by molar-refractivity contribution is 0.180. The van der Waals surface area contributed by atoms with Crippen molar-refractivity contribution in [3.63, 3.8) is 0 Å². The third-order valence-corrected chi connectivity index (χ3v) is 6.31. The molecule has 0 aromatic carbocycles. The second-order valence-electron chi connectivity index (χ2n) is 5.48. The Kier molecular flexibility index (Phi) is 4.95. The number of nitrogens with two attached hydrogens (primary N) is 1. The van der Waals surface area contributed by atoms with Crippen molar-refractivity contribution in [2.45, 2.75) is 49.3 Å². The highest BCUT2D eigenvalue weighted by atomic mass is 32.2. The first-order chi connectivity index (χ1) is 9.07. The fourth-order valence-electron chi connectivity index (χ4n) is 2.96. The SMILES string of the molecule is CSC1(C(N)=S)CCN(C(=O)NC2CCCC2)CC1. The molecule has 0 aromatic rings. The molecule has 1 aliphatic carbocycles. The summed E-state index contributed by atoms with van der Waals surface area (Å²) < 4.78 is -0.112. The van der Waals surface area contributed by atoms with E-state index in [1.54, 1.807) is 11.8 Å². The number of hydrogen-bond donors (Lipinski definition) is 2. The minimum absolute atomic E-state index is 0.0875. The normalized spacial score (nSPS) is 23.3. The Morgan fingerprint density at radius 1 is 1.37 bits per heavy atom. The average Bonchev–Trinajstić information content (AvgIpc) is 2.91. The van der Waals surface area contributed by atoms with Crippen molar-refractivity contribution in [3.8, 4) is 0 Å². The number of rotatable bonds is 3. The molecule has 1 aliphatic heterocycles. The maximum atomic E-state index is 12.2. The van der Waals surface area contributed by atoms with Gasteiger partial charge in [0, 0.05) is 19.1 Å². The Bertz CT molecular complexity index is 348. The Hall–Kier alpha value is -0.490. The Labute approximate surface area is 124 Å².